The Morgan fingerprint density at radius 2 is 1.85 bits per heavy atom. The SMILES string of the molecule is Cc1cc(C(=O)N2CCN(S(N)(=O)=O)CC2)ccc1F. The van der Waals surface area contributed by atoms with E-state index in [4.69, 9.17) is 5.14 Å². The molecule has 0 aliphatic carbocycles. The molecule has 2 rings (SSSR count). The highest BCUT2D eigenvalue weighted by Crippen LogP contribution is 2.13. The number of halogens is 1. The van der Waals surface area contributed by atoms with Gasteiger partial charge in [-0.05, 0) is 30.7 Å². The maximum Gasteiger partial charge on any atom is 0.277 e. The Morgan fingerprint density at radius 1 is 1.25 bits per heavy atom. The number of rotatable bonds is 2. The van der Waals surface area contributed by atoms with E-state index in [1.807, 2.05) is 0 Å². The maximum absolute atomic E-state index is 13.2. The standard InChI is InChI=1S/C12H16FN3O3S/c1-9-8-10(2-3-11(9)13)12(17)15-4-6-16(7-5-15)20(14,18)19/h2-3,8H,4-7H2,1H3,(H2,14,18,19). The largest absolute Gasteiger partial charge is 0.336 e. The van der Waals surface area contributed by atoms with Gasteiger partial charge in [0.15, 0.2) is 0 Å². The highest BCUT2D eigenvalue weighted by atomic mass is 32.2. The van der Waals surface area contributed by atoms with Gasteiger partial charge in [0.2, 0.25) is 0 Å². The molecule has 1 saturated heterocycles. The van der Waals surface area contributed by atoms with E-state index >= 15 is 0 Å². The van der Waals surface area contributed by atoms with Crippen LogP contribution in [0.4, 0.5) is 4.39 Å². The second kappa shape index (κ2) is 5.47. The monoisotopic (exact) mass is 301 g/mol. The fourth-order valence-corrected chi connectivity index (χ4v) is 2.78. The lowest BCUT2D eigenvalue weighted by Crippen LogP contribution is -2.52. The van der Waals surface area contributed by atoms with Crippen molar-refractivity contribution >= 4 is 16.1 Å². The van der Waals surface area contributed by atoms with Crippen LogP contribution in [0.15, 0.2) is 18.2 Å². The lowest BCUT2D eigenvalue weighted by Gasteiger charge is -2.33. The number of piperazine rings is 1. The molecule has 0 unspecified atom stereocenters. The Kier molecular flexibility index (Phi) is 4.07. The van der Waals surface area contributed by atoms with E-state index in [2.05, 4.69) is 0 Å². The van der Waals surface area contributed by atoms with E-state index in [9.17, 15) is 17.6 Å². The Labute approximate surface area is 117 Å². The number of hydrogen-bond acceptors (Lipinski definition) is 3. The molecule has 1 aromatic rings. The van der Waals surface area contributed by atoms with Crippen molar-refractivity contribution in [2.24, 2.45) is 5.14 Å². The molecule has 8 heteroatoms. The minimum Gasteiger partial charge on any atom is -0.336 e. The average molecular weight is 301 g/mol. The number of carbonyl (C=O) groups is 1. The van der Waals surface area contributed by atoms with Gasteiger partial charge in [-0.1, -0.05) is 0 Å². The van der Waals surface area contributed by atoms with Crippen molar-refractivity contribution in [2.45, 2.75) is 6.92 Å². The molecule has 6 nitrogen and oxygen atoms in total. The van der Waals surface area contributed by atoms with Crippen LogP contribution in [0.25, 0.3) is 0 Å². The third-order valence-electron chi connectivity index (χ3n) is 3.29. The lowest BCUT2D eigenvalue weighted by atomic mass is 10.1. The second-order valence-corrected chi connectivity index (χ2v) is 6.25. The van der Waals surface area contributed by atoms with Gasteiger partial charge in [0.05, 0.1) is 0 Å². The van der Waals surface area contributed by atoms with Crippen molar-refractivity contribution in [3.05, 3.63) is 35.1 Å². The lowest BCUT2D eigenvalue weighted by molar-refractivity contribution is 0.0697. The van der Waals surface area contributed by atoms with Crippen LogP contribution in [0.1, 0.15) is 15.9 Å². The number of nitrogens with two attached hydrogens (primary N) is 1. The molecule has 0 atom stereocenters. The van der Waals surface area contributed by atoms with E-state index in [0.717, 1.165) is 4.31 Å². The predicted octanol–water partition coefficient (Wildman–Crippen LogP) is 0.0954. The predicted molar refractivity (Wildman–Crippen MR) is 71.7 cm³/mol. The molecular weight excluding hydrogens is 285 g/mol. The maximum atomic E-state index is 13.2. The number of carbonyl (C=O) groups excluding carboxylic acids is 1. The summed E-state index contributed by atoms with van der Waals surface area (Å²) in [5.41, 5.74) is 0.798. The van der Waals surface area contributed by atoms with Gasteiger partial charge in [0, 0.05) is 31.7 Å². The molecule has 0 bridgehead atoms. The van der Waals surface area contributed by atoms with Gasteiger partial charge in [-0.2, -0.15) is 12.7 Å². The molecule has 1 fully saturated rings. The van der Waals surface area contributed by atoms with Gasteiger partial charge >= 0.3 is 0 Å². The fraction of sp³-hybridized carbons (Fsp3) is 0.417. The first kappa shape index (κ1) is 14.9. The first-order valence-electron chi connectivity index (χ1n) is 6.12. The van der Waals surface area contributed by atoms with Gasteiger partial charge in [0.25, 0.3) is 16.1 Å². The highest BCUT2D eigenvalue weighted by molar-refractivity contribution is 7.86. The first-order valence-corrected chi connectivity index (χ1v) is 7.62. The quantitative estimate of drug-likeness (QED) is 0.840. The molecule has 1 heterocycles. The molecule has 1 aliphatic rings. The zero-order chi connectivity index (χ0) is 14.9. The van der Waals surface area contributed by atoms with Gasteiger partial charge in [-0.3, -0.25) is 4.79 Å². The molecule has 0 spiro atoms. The van der Waals surface area contributed by atoms with Crippen LogP contribution in [0, 0.1) is 12.7 Å². The minimum absolute atomic E-state index is 0.171. The number of benzene rings is 1. The third-order valence-corrected chi connectivity index (χ3v) is 4.38. The van der Waals surface area contributed by atoms with E-state index in [1.54, 1.807) is 6.92 Å². The third kappa shape index (κ3) is 3.14. The zero-order valence-corrected chi connectivity index (χ0v) is 11.9. The molecule has 110 valence electrons. The number of amides is 1. The van der Waals surface area contributed by atoms with Crippen LogP contribution in [-0.4, -0.2) is 49.7 Å². The molecule has 0 aromatic heterocycles. The smallest absolute Gasteiger partial charge is 0.277 e. The zero-order valence-electron chi connectivity index (χ0n) is 11.0. The molecule has 1 amide bonds. The normalized spacial score (nSPS) is 17.2. The van der Waals surface area contributed by atoms with Crippen LogP contribution >= 0.6 is 0 Å². The summed E-state index contributed by atoms with van der Waals surface area (Å²) in [5, 5.41) is 5.03. The first-order chi connectivity index (χ1) is 9.29. The van der Waals surface area contributed by atoms with Crippen molar-refractivity contribution in [1.29, 1.82) is 0 Å². The van der Waals surface area contributed by atoms with E-state index in [-0.39, 0.29) is 37.9 Å². The van der Waals surface area contributed by atoms with E-state index < -0.39 is 10.2 Å². The summed E-state index contributed by atoms with van der Waals surface area (Å²) in [5.74, 6) is -0.595. The van der Waals surface area contributed by atoms with Crippen LogP contribution in [0.3, 0.4) is 0 Å². The molecule has 0 saturated carbocycles. The summed E-state index contributed by atoms with van der Waals surface area (Å²) in [7, 11) is -3.71. The van der Waals surface area contributed by atoms with Gasteiger partial charge in [0.1, 0.15) is 5.82 Å². The van der Waals surface area contributed by atoms with Crippen LogP contribution < -0.4 is 5.14 Å². The van der Waals surface area contributed by atoms with Crippen LogP contribution in [0.5, 0.6) is 0 Å². The van der Waals surface area contributed by atoms with Crippen molar-refractivity contribution < 1.29 is 17.6 Å². The summed E-state index contributed by atoms with van der Waals surface area (Å²) in [6.45, 7) is 2.47. The molecule has 1 aliphatic heterocycles. The van der Waals surface area contributed by atoms with Crippen molar-refractivity contribution in [1.82, 2.24) is 9.21 Å². The molecular formula is C12H16FN3O3S. The summed E-state index contributed by atoms with van der Waals surface area (Å²) < 4.78 is 36.7. The van der Waals surface area contributed by atoms with Gasteiger partial charge in [-0.25, -0.2) is 9.53 Å². The Morgan fingerprint density at radius 3 is 2.35 bits per heavy atom. The second-order valence-electron chi connectivity index (χ2n) is 4.70. The van der Waals surface area contributed by atoms with Crippen molar-refractivity contribution in [3.63, 3.8) is 0 Å². The fourth-order valence-electron chi connectivity index (χ4n) is 2.11. The molecule has 1 aromatic carbocycles. The summed E-state index contributed by atoms with van der Waals surface area (Å²) in [6, 6.07) is 4.17. The van der Waals surface area contributed by atoms with Crippen LogP contribution in [-0.2, 0) is 10.2 Å². The number of nitrogens with zero attached hydrogens (tertiary/aromatic N) is 2. The average Bonchev–Trinajstić information content (AvgIpc) is 2.40. The molecule has 20 heavy (non-hydrogen) atoms. The van der Waals surface area contributed by atoms with Gasteiger partial charge in [-0.15, -0.1) is 0 Å². The highest BCUT2D eigenvalue weighted by Gasteiger charge is 2.27. The minimum atomic E-state index is -3.71. The van der Waals surface area contributed by atoms with Crippen LogP contribution in [0.2, 0.25) is 0 Å². The number of hydrogen-bond donors (Lipinski definition) is 1. The molecule has 2 N–H and O–H groups in total. The summed E-state index contributed by atoms with van der Waals surface area (Å²) >= 11 is 0. The van der Waals surface area contributed by atoms with E-state index in [0.29, 0.717) is 11.1 Å². The Balaban J connectivity index is 2.07. The van der Waals surface area contributed by atoms with Crippen molar-refractivity contribution in [2.75, 3.05) is 26.2 Å². The Bertz CT molecular complexity index is 625. The Hall–Kier alpha value is -1.51. The van der Waals surface area contributed by atoms with Crippen molar-refractivity contribution in [3.8, 4) is 0 Å². The van der Waals surface area contributed by atoms with E-state index in [1.165, 1.54) is 23.1 Å². The summed E-state index contributed by atoms with van der Waals surface area (Å²) in [6.07, 6.45) is 0. The van der Waals surface area contributed by atoms with Gasteiger partial charge < -0.3 is 4.90 Å². The number of aryl methyl sites for hydroxylation is 1. The summed E-state index contributed by atoms with van der Waals surface area (Å²) in [4.78, 5) is 13.8. The molecule has 0 radical (unpaired) electrons. The topological polar surface area (TPSA) is 83.7 Å².